The van der Waals surface area contributed by atoms with Gasteiger partial charge in [0.15, 0.2) is 0 Å². The molecule has 0 bridgehead atoms. The lowest BCUT2D eigenvalue weighted by atomic mass is 10.1. The van der Waals surface area contributed by atoms with Crippen molar-refractivity contribution in [2.75, 3.05) is 25.1 Å². The predicted octanol–water partition coefficient (Wildman–Crippen LogP) is 2.74. The molecule has 0 saturated carbocycles. The van der Waals surface area contributed by atoms with E-state index in [1.165, 1.54) is 15.7 Å². The fraction of sp³-hybridized carbons (Fsp3) is 0.455. The highest BCUT2D eigenvalue weighted by Crippen LogP contribution is 2.16. The summed E-state index contributed by atoms with van der Waals surface area (Å²) in [5.74, 6) is 0.688. The summed E-state index contributed by atoms with van der Waals surface area (Å²) in [5, 5.41) is 3.44. The Morgan fingerprint density at radius 2 is 2.43 bits per heavy atom. The Morgan fingerprint density at radius 1 is 1.50 bits per heavy atom. The summed E-state index contributed by atoms with van der Waals surface area (Å²) < 4.78 is 6.60. The minimum Gasteiger partial charge on any atom is -0.385 e. The van der Waals surface area contributed by atoms with Gasteiger partial charge < -0.3 is 10.1 Å². The quantitative estimate of drug-likeness (QED) is 0.867. The molecular formula is C11H14INO. The average molecular weight is 303 g/mol. The molecule has 2 rings (SSSR count). The molecule has 1 aliphatic heterocycles. The standard InChI is InChI=1S/C11H14INO/c12-10-2-1-3-11(6-10)13-7-9-4-5-14-8-9/h1-3,6,9,13H,4-5,7-8H2/t9-/m0/s1. The van der Waals surface area contributed by atoms with Gasteiger partial charge in [-0.25, -0.2) is 0 Å². The molecule has 0 aromatic heterocycles. The number of halogens is 1. The van der Waals surface area contributed by atoms with E-state index in [4.69, 9.17) is 4.74 Å². The van der Waals surface area contributed by atoms with Crippen LogP contribution in [0.1, 0.15) is 6.42 Å². The number of hydrogen-bond acceptors (Lipinski definition) is 2. The van der Waals surface area contributed by atoms with Gasteiger partial charge in [0.05, 0.1) is 6.61 Å². The number of anilines is 1. The number of nitrogens with one attached hydrogen (secondary N) is 1. The monoisotopic (exact) mass is 303 g/mol. The van der Waals surface area contributed by atoms with E-state index >= 15 is 0 Å². The Bertz CT molecular complexity index is 297. The second-order valence-electron chi connectivity index (χ2n) is 3.62. The SMILES string of the molecule is Ic1cccc(NC[C@@H]2CCOC2)c1. The second kappa shape index (κ2) is 4.98. The second-order valence-corrected chi connectivity index (χ2v) is 4.87. The summed E-state index contributed by atoms with van der Waals surface area (Å²) in [5.41, 5.74) is 1.21. The molecule has 14 heavy (non-hydrogen) atoms. The highest BCUT2D eigenvalue weighted by molar-refractivity contribution is 14.1. The molecule has 1 saturated heterocycles. The molecule has 1 aromatic carbocycles. The van der Waals surface area contributed by atoms with Crippen molar-refractivity contribution in [3.63, 3.8) is 0 Å². The minimum atomic E-state index is 0.688. The molecule has 0 aliphatic carbocycles. The molecule has 0 amide bonds. The van der Waals surface area contributed by atoms with Gasteiger partial charge in [-0.15, -0.1) is 0 Å². The normalized spacial score (nSPS) is 21.1. The van der Waals surface area contributed by atoms with Crippen LogP contribution in [0, 0.1) is 9.49 Å². The molecule has 1 N–H and O–H groups in total. The number of rotatable bonds is 3. The van der Waals surface area contributed by atoms with E-state index in [-0.39, 0.29) is 0 Å². The maximum absolute atomic E-state index is 5.33. The van der Waals surface area contributed by atoms with Crippen LogP contribution >= 0.6 is 22.6 Å². The largest absolute Gasteiger partial charge is 0.385 e. The van der Waals surface area contributed by atoms with E-state index in [0.717, 1.165) is 19.8 Å². The third kappa shape index (κ3) is 2.85. The van der Waals surface area contributed by atoms with Crippen LogP contribution in [0.3, 0.4) is 0 Å². The molecule has 0 unspecified atom stereocenters. The molecule has 0 radical (unpaired) electrons. The van der Waals surface area contributed by atoms with Crippen molar-refractivity contribution < 1.29 is 4.74 Å². The number of ether oxygens (including phenoxy) is 1. The zero-order valence-electron chi connectivity index (χ0n) is 8.00. The van der Waals surface area contributed by atoms with Crippen LogP contribution in [0.4, 0.5) is 5.69 Å². The van der Waals surface area contributed by atoms with Gasteiger partial charge >= 0.3 is 0 Å². The summed E-state index contributed by atoms with van der Waals surface area (Å²) in [6.07, 6.45) is 1.19. The lowest BCUT2D eigenvalue weighted by Gasteiger charge is -2.10. The van der Waals surface area contributed by atoms with E-state index in [0.29, 0.717) is 5.92 Å². The number of benzene rings is 1. The van der Waals surface area contributed by atoms with Crippen molar-refractivity contribution in [1.82, 2.24) is 0 Å². The molecule has 76 valence electrons. The van der Waals surface area contributed by atoms with E-state index in [2.05, 4.69) is 52.2 Å². The van der Waals surface area contributed by atoms with Gasteiger partial charge in [0, 0.05) is 28.3 Å². The predicted molar refractivity (Wildman–Crippen MR) is 66.6 cm³/mol. The van der Waals surface area contributed by atoms with Crippen LogP contribution in [0.25, 0.3) is 0 Å². The van der Waals surface area contributed by atoms with Crippen LogP contribution in [-0.2, 0) is 4.74 Å². The molecule has 0 spiro atoms. The van der Waals surface area contributed by atoms with Crippen molar-refractivity contribution in [2.24, 2.45) is 5.92 Å². The molecule has 2 nitrogen and oxygen atoms in total. The molecule has 1 heterocycles. The Kier molecular flexibility index (Phi) is 3.64. The summed E-state index contributed by atoms with van der Waals surface area (Å²) in [7, 11) is 0. The maximum atomic E-state index is 5.33. The molecule has 1 fully saturated rings. The Labute approximate surface area is 98.2 Å². The van der Waals surface area contributed by atoms with Gasteiger partial charge in [-0.2, -0.15) is 0 Å². The molecule has 1 aliphatic rings. The first-order valence-corrected chi connectivity index (χ1v) is 5.99. The Hall–Kier alpha value is -0.290. The van der Waals surface area contributed by atoms with Crippen LogP contribution in [0.15, 0.2) is 24.3 Å². The maximum Gasteiger partial charge on any atom is 0.0511 e. The van der Waals surface area contributed by atoms with Gasteiger partial charge in [-0.05, 0) is 47.2 Å². The summed E-state index contributed by atoms with van der Waals surface area (Å²) in [6.45, 7) is 2.87. The van der Waals surface area contributed by atoms with E-state index in [1.807, 2.05) is 0 Å². The average Bonchev–Trinajstić information content (AvgIpc) is 2.67. The fourth-order valence-corrected chi connectivity index (χ4v) is 2.15. The highest BCUT2D eigenvalue weighted by atomic mass is 127. The molecular weight excluding hydrogens is 289 g/mol. The van der Waals surface area contributed by atoms with Crippen molar-refractivity contribution in [3.8, 4) is 0 Å². The lowest BCUT2D eigenvalue weighted by Crippen LogP contribution is -2.13. The van der Waals surface area contributed by atoms with Crippen molar-refractivity contribution in [2.45, 2.75) is 6.42 Å². The van der Waals surface area contributed by atoms with E-state index in [9.17, 15) is 0 Å². The lowest BCUT2D eigenvalue weighted by molar-refractivity contribution is 0.187. The smallest absolute Gasteiger partial charge is 0.0511 e. The van der Waals surface area contributed by atoms with E-state index < -0.39 is 0 Å². The van der Waals surface area contributed by atoms with Crippen LogP contribution in [0.2, 0.25) is 0 Å². The van der Waals surface area contributed by atoms with Crippen molar-refractivity contribution in [1.29, 1.82) is 0 Å². The van der Waals surface area contributed by atoms with Crippen LogP contribution in [0.5, 0.6) is 0 Å². The molecule has 1 atom stereocenters. The van der Waals surface area contributed by atoms with Gasteiger partial charge in [-0.1, -0.05) is 6.07 Å². The molecule has 3 heteroatoms. The third-order valence-corrected chi connectivity index (χ3v) is 3.11. The van der Waals surface area contributed by atoms with Crippen LogP contribution in [-0.4, -0.2) is 19.8 Å². The van der Waals surface area contributed by atoms with Gasteiger partial charge in [0.1, 0.15) is 0 Å². The first-order valence-electron chi connectivity index (χ1n) is 4.92. The summed E-state index contributed by atoms with van der Waals surface area (Å²) >= 11 is 2.33. The van der Waals surface area contributed by atoms with Crippen molar-refractivity contribution in [3.05, 3.63) is 27.8 Å². The summed E-state index contributed by atoms with van der Waals surface area (Å²) in [4.78, 5) is 0. The van der Waals surface area contributed by atoms with E-state index in [1.54, 1.807) is 0 Å². The first-order chi connectivity index (χ1) is 6.84. The van der Waals surface area contributed by atoms with Gasteiger partial charge in [0.2, 0.25) is 0 Å². The fourth-order valence-electron chi connectivity index (χ4n) is 1.60. The highest BCUT2D eigenvalue weighted by Gasteiger charge is 2.14. The Morgan fingerprint density at radius 3 is 3.14 bits per heavy atom. The van der Waals surface area contributed by atoms with Crippen LogP contribution < -0.4 is 5.32 Å². The zero-order valence-corrected chi connectivity index (χ0v) is 10.2. The topological polar surface area (TPSA) is 21.3 Å². The third-order valence-electron chi connectivity index (χ3n) is 2.44. The molecule has 1 aromatic rings. The number of hydrogen-bond donors (Lipinski definition) is 1. The zero-order chi connectivity index (χ0) is 9.80. The van der Waals surface area contributed by atoms with Gasteiger partial charge in [0.25, 0.3) is 0 Å². The summed E-state index contributed by atoms with van der Waals surface area (Å²) in [6, 6.07) is 8.45. The Balaban J connectivity index is 1.85. The first kappa shape index (κ1) is 10.2. The van der Waals surface area contributed by atoms with Crippen molar-refractivity contribution >= 4 is 28.3 Å². The van der Waals surface area contributed by atoms with Gasteiger partial charge in [-0.3, -0.25) is 0 Å². The minimum absolute atomic E-state index is 0.688.